The second kappa shape index (κ2) is 11.0. The molecule has 8 nitrogen and oxygen atoms in total. The molecule has 1 aliphatic heterocycles. The summed E-state index contributed by atoms with van der Waals surface area (Å²) >= 11 is 0. The molecule has 0 unspecified atom stereocenters. The van der Waals surface area contributed by atoms with Crippen molar-refractivity contribution in [3.8, 4) is 5.75 Å². The number of nitrogens with one attached hydrogen (secondary N) is 2. The maximum absolute atomic E-state index is 13.4. The van der Waals surface area contributed by atoms with E-state index in [1.54, 1.807) is 23.1 Å². The predicted molar refractivity (Wildman–Crippen MR) is 125 cm³/mol. The molecule has 1 aromatic rings. The highest BCUT2D eigenvalue weighted by Crippen LogP contribution is 2.35. The Morgan fingerprint density at radius 2 is 2.00 bits per heavy atom. The van der Waals surface area contributed by atoms with Crippen LogP contribution in [0, 0.1) is 5.92 Å². The van der Waals surface area contributed by atoms with Crippen LogP contribution in [0.25, 0.3) is 0 Å². The van der Waals surface area contributed by atoms with Crippen LogP contribution in [-0.2, 0) is 0 Å². The summed E-state index contributed by atoms with van der Waals surface area (Å²) in [7, 11) is 3.97. The fourth-order valence-electron chi connectivity index (χ4n) is 4.51. The number of fused-ring (bicyclic) bond motifs is 1. The van der Waals surface area contributed by atoms with Crippen molar-refractivity contribution < 1.29 is 19.4 Å². The largest absolute Gasteiger partial charge is 0.486 e. The first-order valence-electron chi connectivity index (χ1n) is 11.7. The van der Waals surface area contributed by atoms with Gasteiger partial charge in [-0.25, -0.2) is 4.79 Å². The van der Waals surface area contributed by atoms with E-state index < -0.39 is 0 Å². The van der Waals surface area contributed by atoms with Crippen molar-refractivity contribution in [2.24, 2.45) is 5.92 Å². The minimum atomic E-state index is -0.317. The van der Waals surface area contributed by atoms with E-state index in [9.17, 15) is 14.7 Å². The van der Waals surface area contributed by atoms with Crippen molar-refractivity contribution in [1.82, 2.24) is 15.1 Å². The maximum atomic E-state index is 13.4. The third-order valence-electron chi connectivity index (χ3n) is 6.42. The van der Waals surface area contributed by atoms with E-state index in [4.69, 9.17) is 4.74 Å². The van der Waals surface area contributed by atoms with Gasteiger partial charge in [0, 0.05) is 25.0 Å². The molecule has 178 valence electrons. The third-order valence-corrected chi connectivity index (χ3v) is 6.42. The second-order valence-corrected chi connectivity index (χ2v) is 9.50. The van der Waals surface area contributed by atoms with Gasteiger partial charge in [-0.05, 0) is 46.0 Å². The van der Waals surface area contributed by atoms with E-state index in [1.165, 1.54) is 6.42 Å². The lowest BCUT2D eigenvalue weighted by atomic mass is 9.96. The van der Waals surface area contributed by atoms with Gasteiger partial charge in [0.15, 0.2) is 5.75 Å². The van der Waals surface area contributed by atoms with E-state index in [-0.39, 0.29) is 42.7 Å². The van der Waals surface area contributed by atoms with Crippen molar-refractivity contribution in [1.29, 1.82) is 0 Å². The second-order valence-electron chi connectivity index (χ2n) is 9.50. The molecule has 1 heterocycles. The van der Waals surface area contributed by atoms with E-state index in [0.29, 0.717) is 30.1 Å². The van der Waals surface area contributed by atoms with E-state index in [2.05, 4.69) is 22.5 Å². The quantitative estimate of drug-likeness (QED) is 0.625. The van der Waals surface area contributed by atoms with Gasteiger partial charge < -0.3 is 30.3 Å². The fourth-order valence-corrected chi connectivity index (χ4v) is 4.51. The molecule has 2 aliphatic rings. The van der Waals surface area contributed by atoms with Crippen LogP contribution in [-0.4, -0.2) is 78.8 Å². The Hall–Kier alpha value is -2.32. The number of anilines is 1. The number of aliphatic hydroxyl groups is 1. The molecule has 0 spiro atoms. The van der Waals surface area contributed by atoms with Gasteiger partial charge >= 0.3 is 6.03 Å². The number of hydrogen-bond donors (Lipinski definition) is 3. The zero-order valence-electron chi connectivity index (χ0n) is 19.8. The molecule has 0 bridgehead atoms. The normalized spacial score (nSPS) is 23.1. The summed E-state index contributed by atoms with van der Waals surface area (Å²) in [6.07, 6.45) is 5.28. The molecule has 3 amide bonds. The van der Waals surface area contributed by atoms with Gasteiger partial charge in [-0.15, -0.1) is 0 Å². The first kappa shape index (κ1) is 24.3. The van der Waals surface area contributed by atoms with Crippen LogP contribution in [0.5, 0.6) is 5.75 Å². The molecule has 0 aromatic heterocycles. The third kappa shape index (κ3) is 5.92. The SMILES string of the molecule is C[C@@H]1CN([C@H](C)CO)C(=O)c2cccc(NC(=O)NC3CCCCC3)c2O[C@H]1CN(C)C. The minimum Gasteiger partial charge on any atom is -0.486 e. The number of urea groups is 1. The number of carbonyl (C=O) groups excluding carboxylic acids is 2. The Morgan fingerprint density at radius 3 is 2.66 bits per heavy atom. The smallest absolute Gasteiger partial charge is 0.319 e. The van der Waals surface area contributed by atoms with Crippen molar-refractivity contribution >= 4 is 17.6 Å². The molecular weight excluding hydrogens is 408 g/mol. The topological polar surface area (TPSA) is 94.1 Å². The summed E-state index contributed by atoms with van der Waals surface area (Å²) in [5.41, 5.74) is 0.884. The highest BCUT2D eigenvalue weighted by Gasteiger charge is 2.34. The molecule has 0 radical (unpaired) electrons. The van der Waals surface area contributed by atoms with Crippen LogP contribution < -0.4 is 15.4 Å². The van der Waals surface area contributed by atoms with Gasteiger partial charge in [0.1, 0.15) is 6.10 Å². The number of nitrogens with zero attached hydrogens (tertiary/aromatic N) is 2. The molecule has 1 saturated carbocycles. The molecule has 32 heavy (non-hydrogen) atoms. The number of rotatable bonds is 6. The molecule has 3 atom stereocenters. The van der Waals surface area contributed by atoms with Crippen LogP contribution >= 0.6 is 0 Å². The summed E-state index contributed by atoms with van der Waals surface area (Å²) in [6.45, 7) is 4.93. The average molecular weight is 447 g/mol. The summed E-state index contributed by atoms with van der Waals surface area (Å²) in [5, 5.41) is 15.7. The number of hydrogen-bond acceptors (Lipinski definition) is 5. The van der Waals surface area contributed by atoms with Gasteiger partial charge in [-0.1, -0.05) is 32.3 Å². The number of carbonyl (C=O) groups is 2. The predicted octanol–water partition coefficient (Wildman–Crippen LogP) is 2.92. The number of ether oxygens (including phenoxy) is 1. The molecule has 3 rings (SSSR count). The number of para-hydroxylation sites is 1. The molecule has 1 fully saturated rings. The molecule has 0 saturated heterocycles. The Morgan fingerprint density at radius 1 is 1.28 bits per heavy atom. The van der Waals surface area contributed by atoms with Gasteiger partial charge in [0.25, 0.3) is 5.91 Å². The number of likely N-dealkylation sites (N-methyl/N-ethyl adjacent to an activating group) is 1. The lowest BCUT2D eigenvalue weighted by molar-refractivity contribution is 0.0365. The Balaban J connectivity index is 1.91. The van der Waals surface area contributed by atoms with Crippen molar-refractivity contribution in [3.63, 3.8) is 0 Å². The van der Waals surface area contributed by atoms with Gasteiger partial charge in [-0.2, -0.15) is 0 Å². The van der Waals surface area contributed by atoms with Gasteiger partial charge in [0.05, 0.1) is 23.9 Å². The number of amides is 3. The van der Waals surface area contributed by atoms with Crippen LogP contribution in [0.4, 0.5) is 10.5 Å². The maximum Gasteiger partial charge on any atom is 0.319 e. The minimum absolute atomic E-state index is 0.0348. The zero-order valence-corrected chi connectivity index (χ0v) is 19.8. The molecule has 1 aromatic carbocycles. The number of aliphatic hydroxyl groups excluding tert-OH is 1. The Labute approximate surface area is 191 Å². The zero-order chi connectivity index (χ0) is 23.3. The van der Waals surface area contributed by atoms with E-state index in [1.807, 2.05) is 21.0 Å². The highest BCUT2D eigenvalue weighted by atomic mass is 16.5. The van der Waals surface area contributed by atoms with Crippen LogP contribution in [0.3, 0.4) is 0 Å². The lowest BCUT2D eigenvalue weighted by Crippen LogP contribution is -2.49. The summed E-state index contributed by atoms with van der Waals surface area (Å²) in [4.78, 5) is 29.9. The fraction of sp³-hybridized carbons (Fsp3) is 0.667. The first-order valence-corrected chi connectivity index (χ1v) is 11.7. The van der Waals surface area contributed by atoms with Gasteiger partial charge in [-0.3, -0.25) is 4.79 Å². The number of benzene rings is 1. The Kier molecular flexibility index (Phi) is 8.37. The molecule has 1 aliphatic carbocycles. The van der Waals surface area contributed by atoms with E-state index in [0.717, 1.165) is 25.7 Å². The van der Waals surface area contributed by atoms with Crippen LogP contribution in [0.1, 0.15) is 56.3 Å². The average Bonchev–Trinajstić information content (AvgIpc) is 2.76. The highest BCUT2D eigenvalue weighted by molar-refractivity contribution is 6.01. The van der Waals surface area contributed by atoms with Crippen molar-refractivity contribution in [2.45, 2.75) is 64.1 Å². The molecule has 3 N–H and O–H groups in total. The van der Waals surface area contributed by atoms with Crippen molar-refractivity contribution in [3.05, 3.63) is 23.8 Å². The van der Waals surface area contributed by atoms with Crippen LogP contribution in [0.15, 0.2) is 18.2 Å². The van der Waals surface area contributed by atoms with Crippen molar-refractivity contribution in [2.75, 3.05) is 39.1 Å². The Bertz CT molecular complexity index is 794. The van der Waals surface area contributed by atoms with Crippen LogP contribution in [0.2, 0.25) is 0 Å². The summed E-state index contributed by atoms with van der Waals surface area (Å²) < 4.78 is 6.42. The summed E-state index contributed by atoms with van der Waals surface area (Å²) in [5.74, 6) is 0.227. The van der Waals surface area contributed by atoms with Gasteiger partial charge in [0.2, 0.25) is 0 Å². The molecular formula is C24H38N4O4. The summed E-state index contributed by atoms with van der Waals surface area (Å²) in [6, 6.07) is 4.83. The molecule has 8 heteroatoms. The standard InChI is InChI=1S/C24H38N4O4/c1-16-13-28(17(2)15-29)23(30)19-11-8-12-20(22(19)32-21(16)14-27(3)4)26-24(31)25-18-9-6-5-7-10-18/h8,11-12,16-18,21,29H,5-7,9-10,13-15H2,1-4H3,(H2,25,26,31)/t16-,17-,21+/m1/s1. The lowest BCUT2D eigenvalue weighted by Gasteiger charge is -2.38. The first-order chi connectivity index (χ1) is 15.3. The monoisotopic (exact) mass is 446 g/mol. The van der Waals surface area contributed by atoms with E-state index >= 15 is 0 Å².